The molecule has 0 unspecified atom stereocenters. The Morgan fingerprint density at radius 2 is 2.14 bits per heavy atom. The molecular weight excluding hydrogens is 270 g/mol. The van der Waals surface area contributed by atoms with Crippen LogP contribution in [-0.2, 0) is 9.53 Å². The summed E-state index contributed by atoms with van der Waals surface area (Å²) < 4.78 is 5.31. The molecule has 1 atom stereocenters. The third-order valence-corrected chi connectivity index (χ3v) is 3.25. The number of phenolic OH excluding ortho intramolecular Hbond substituents is 1. The number of anilines is 1. The molecule has 0 bridgehead atoms. The second kappa shape index (κ2) is 5.88. The van der Waals surface area contributed by atoms with E-state index < -0.39 is 0 Å². The molecule has 2 N–H and O–H groups in total. The van der Waals surface area contributed by atoms with Crippen molar-refractivity contribution in [1.82, 2.24) is 9.97 Å². The summed E-state index contributed by atoms with van der Waals surface area (Å²) in [7, 11) is 0. The summed E-state index contributed by atoms with van der Waals surface area (Å²) in [5.74, 6) is 0.481. The van der Waals surface area contributed by atoms with Gasteiger partial charge in [0.2, 0.25) is 0 Å². The average Bonchev–Trinajstić information content (AvgIpc) is 3.02. The van der Waals surface area contributed by atoms with Gasteiger partial charge in [-0.2, -0.15) is 0 Å². The summed E-state index contributed by atoms with van der Waals surface area (Å²) in [6.45, 7) is 0.630. The molecule has 0 aliphatic carbocycles. The molecule has 6 heteroatoms. The fourth-order valence-corrected chi connectivity index (χ4v) is 2.19. The van der Waals surface area contributed by atoms with Crippen LogP contribution in [0.1, 0.15) is 12.8 Å². The predicted molar refractivity (Wildman–Crippen MR) is 76.7 cm³/mol. The predicted octanol–water partition coefficient (Wildman–Crippen LogP) is 1.97. The number of aromatic hydroxyl groups is 1. The molecule has 1 amide bonds. The van der Waals surface area contributed by atoms with Crippen LogP contribution in [0.25, 0.3) is 11.4 Å². The highest BCUT2D eigenvalue weighted by Crippen LogP contribution is 2.20. The molecule has 2 heterocycles. The molecule has 108 valence electrons. The lowest BCUT2D eigenvalue weighted by molar-refractivity contribution is -0.124. The third kappa shape index (κ3) is 3.17. The van der Waals surface area contributed by atoms with Gasteiger partial charge in [0.05, 0.1) is 18.1 Å². The van der Waals surface area contributed by atoms with Crippen molar-refractivity contribution in [3.8, 4) is 17.1 Å². The van der Waals surface area contributed by atoms with Crippen LogP contribution in [0.15, 0.2) is 36.7 Å². The minimum absolute atomic E-state index is 0.159. The first kappa shape index (κ1) is 13.5. The number of aromatic nitrogens is 2. The fraction of sp³-hybridized carbons (Fsp3) is 0.267. The topological polar surface area (TPSA) is 84.3 Å². The quantitative estimate of drug-likeness (QED) is 0.900. The zero-order valence-electron chi connectivity index (χ0n) is 11.3. The van der Waals surface area contributed by atoms with Crippen LogP contribution < -0.4 is 5.32 Å². The highest BCUT2D eigenvalue weighted by molar-refractivity contribution is 5.94. The number of carbonyl (C=O) groups is 1. The lowest BCUT2D eigenvalue weighted by Gasteiger charge is -2.10. The summed E-state index contributed by atoms with van der Waals surface area (Å²) in [4.78, 5) is 20.3. The van der Waals surface area contributed by atoms with Gasteiger partial charge in [-0.05, 0) is 25.0 Å². The normalized spacial score (nSPS) is 17.6. The van der Waals surface area contributed by atoms with Crippen molar-refractivity contribution < 1.29 is 14.6 Å². The standard InChI is InChI=1S/C15H15N3O3/c19-12-4-1-3-10(7-12)14-16-8-11(9-17-14)18-15(20)13-5-2-6-21-13/h1,3-4,7-9,13,19H,2,5-6H2,(H,18,20)/t13-/m0/s1. The van der Waals surface area contributed by atoms with Crippen molar-refractivity contribution in [2.75, 3.05) is 11.9 Å². The zero-order chi connectivity index (χ0) is 14.7. The molecule has 1 fully saturated rings. The van der Waals surface area contributed by atoms with E-state index >= 15 is 0 Å². The van der Waals surface area contributed by atoms with Crippen LogP contribution in [0.4, 0.5) is 5.69 Å². The first-order valence-corrected chi connectivity index (χ1v) is 6.76. The lowest BCUT2D eigenvalue weighted by Crippen LogP contribution is -2.26. The van der Waals surface area contributed by atoms with Gasteiger partial charge in [0.1, 0.15) is 11.9 Å². The Balaban J connectivity index is 1.70. The molecule has 1 aliphatic heterocycles. The first-order valence-electron chi connectivity index (χ1n) is 6.76. The second-order valence-electron chi connectivity index (χ2n) is 4.84. The Morgan fingerprint density at radius 1 is 1.33 bits per heavy atom. The minimum Gasteiger partial charge on any atom is -0.508 e. The van der Waals surface area contributed by atoms with Crippen molar-refractivity contribution in [3.05, 3.63) is 36.7 Å². The van der Waals surface area contributed by atoms with Gasteiger partial charge in [-0.1, -0.05) is 12.1 Å². The molecule has 3 rings (SSSR count). The van der Waals surface area contributed by atoms with E-state index in [-0.39, 0.29) is 17.8 Å². The number of phenols is 1. The van der Waals surface area contributed by atoms with E-state index in [2.05, 4.69) is 15.3 Å². The third-order valence-electron chi connectivity index (χ3n) is 3.25. The number of rotatable bonds is 3. The Labute approximate surface area is 121 Å². The van der Waals surface area contributed by atoms with Crippen molar-refractivity contribution in [2.45, 2.75) is 18.9 Å². The van der Waals surface area contributed by atoms with Crippen LogP contribution in [0.5, 0.6) is 5.75 Å². The number of amides is 1. The van der Waals surface area contributed by atoms with E-state index in [4.69, 9.17) is 4.74 Å². The largest absolute Gasteiger partial charge is 0.508 e. The molecule has 6 nitrogen and oxygen atoms in total. The van der Waals surface area contributed by atoms with Crippen molar-refractivity contribution in [2.24, 2.45) is 0 Å². The van der Waals surface area contributed by atoms with Gasteiger partial charge in [-0.3, -0.25) is 4.79 Å². The van der Waals surface area contributed by atoms with Gasteiger partial charge in [0, 0.05) is 12.2 Å². The number of hydrogen-bond acceptors (Lipinski definition) is 5. The first-order chi connectivity index (χ1) is 10.2. The number of nitrogens with one attached hydrogen (secondary N) is 1. The average molecular weight is 285 g/mol. The molecule has 0 saturated carbocycles. The fourth-order valence-electron chi connectivity index (χ4n) is 2.19. The van der Waals surface area contributed by atoms with Crippen LogP contribution in [-0.4, -0.2) is 33.7 Å². The monoisotopic (exact) mass is 285 g/mol. The smallest absolute Gasteiger partial charge is 0.253 e. The maximum atomic E-state index is 11.9. The molecule has 1 aromatic heterocycles. The highest BCUT2D eigenvalue weighted by Gasteiger charge is 2.23. The maximum absolute atomic E-state index is 11.9. The molecule has 2 aromatic rings. The summed E-state index contributed by atoms with van der Waals surface area (Å²) in [6.07, 6.45) is 4.35. The van der Waals surface area contributed by atoms with Gasteiger partial charge in [0.25, 0.3) is 5.91 Å². The minimum atomic E-state index is -0.379. The molecule has 1 saturated heterocycles. The Kier molecular flexibility index (Phi) is 3.79. The summed E-state index contributed by atoms with van der Waals surface area (Å²) in [6, 6.07) is 6.69. The van der Waals surface area contributed by atoms with Gasteiger partial charge in [0.15, 0.2) is 5.82 Å². The molecule has 0 spiro atoms. The number of benzene rings is 1. The van der Waals surface area contributed by atoms with Gasteiger partial charge < -0.3 is 15.2 Å². The number of ether oxygens (including phenoxy) is 1. The summed E-state index contributed by atoms with van der Waals surface area (Å²) >= 11 is 0. The van der Waals surface area contributed by atoms with E-state index in [0.717, 1.165) is 12.8 Å². The van der Waals surface area contributed by atoms with Crippen molar-refractivity contribution in [1.29, 1.82) is 0 Å². The molecule has 1 aromatic carbocycles. The lowest BCUT2D eigenvalue weighted by atomic mass is 10.2. The number of carbonyl (C=O) groups excluding carboxylic acids is 1. The zero-order valence-corrected chi connectivity index (χ0v) is 11.3. The SMILES string of the molecule is O=C(Nc1cnc(-c2cccc(O)c2)nc1)[C@@H]1CCCO1. The molecule has 1 aliphatic rings. The summed E-state index contributed by atoms with van der Waals surface area (Å²) in [5, 5.41) is 12.2. The van der Waals surface area contributed by atoms with Gasteiger partial charge in [-0.25, -0.2) is 9.97 Å². The van der Waals surface area contributed by atoms with Gasteiger partial charge in [-0.15, -0.1) is 0 Å². The summed E-state index contributed by atoms with van der Waals surface area (Å²) in [5.41, 5.74) is 1.24. The highest BCUT2D eigenvalue weighted by atomic mass is 16.5. The Morgan fingerprint density at radius 3 is 2.81 bits per heavy atom. The Bertz CT molecular complexity index is 637. The van der Waals surface area contributed by atoms with E-state index in [9.17, 15) is 9.90 Å². The van der Waals surface area contributed by atoms with Crippen molar-refractivity contribution >= 4 is 11.6 Å². The van der Waals surface area contributed by atoms with Crippen LogP contribution in [0.3, 0.4) is 0 Å². The van der Waals surface area contributed by atoms with Gasteiger partial charge >= 0.3 is 0 Å². The van der Waals surface area contributed by atoms with E-state index in [1.165, 1.54) is 0 Å². The van der Waals surface area contributed by atoms with E-state index in [1.807, 2.05) is 0 Å². The maximum Gasteiger partial charge on any atom is 0.253 e. The van der Waals surface area contributed by atoms with Crippen LogP contribution in [0.2, 0.25) is 0 Å². The molecular formula is C15H15N3O3. The molecule has 0 radical (unpaired) electrons. The number of hydrogen-bond donors (Lipinski definition) is 2. The second-order valence-corrected chi connectivity index (χ2v) is 4.84. The molecule has 21 heavy (non-hydrogen) atoms. The Hall–Kier alpha value is -2.47. The van der Waals surface area contributed by atoms with E-state index in [0.29, 0.717) is 23.7 Å². The van der Waals surface area contributed by atoms with Crippen LogP contribution >= 0.6 is 0 Å². The van der Waals surface area contributed by atoms with Crippen LogP contribution in [0, 0.1) is 0 Å². The van der Waals surface area contributed by atoms with E-state index in [1.54, 1.807) is 36.7 Å². The van der Waals surface area contributed by atoms with Crippen molar-refractivity contribution in [3.63, 3.8) is 0 Å². The number of nitrogens with zero attached hydrogens (tertiary/aromatic N) is 2.